The molecule has 2 aromatic carbocycles. The lowest BCUT2D eigenvalue weighted by Gasteiger charge is -2.41. The molecule has 0 aliphatic carbocycles. The number of carbonyl (C=O) groups excluding carboxylic acids is 2. The summed E-state index contributed by atoms with van der Waals surface area (Å²) in [5.41, 5.74) is 0.911. The number of alkyl halides is 3. The van der Waals surface area contributed by atoms with Crippen molar-refractivity contribution in [2.45, 2.75) is 70.8 Å². The lowest BCUT2D eigenvalue weighted by atomic mass is 9.98. The van der Waals surface area contributed by atoms with E-state index in [1.807, 2.05) is 24.3 Å². The van der Waals surface area contributed by atoms with Gasteiger partial charge in [0, 0.05) is 43.8 Å². The number of amides is 2. The van der Waals surface area contributed by atoms with Crippen molar-refractivity contribution >= 4 is 17.5 Å². The average molecular weight is 516 g/mol. The third kappa shape index (κ3) is 7.92. The second-order valence-corrected chi connectivity index (χ2v) is 9.66. The number of nitrogens with one attached hydrogen (secondary N) is 1. The predicted molar refractivity (Wildman–Crippen MR) is 140 cm³/mol. The molecule has 8 heteroatoms. The van der Waals surface area contributed by atoms with Gasteiger partial charge in [-0.25, -0.2) is 4.79 Å². The molecule has 37 heavy (non-hydrogen) atoms. The summed E-state index contributed by atoms with van der Waals surface area (Å²) in [5.74, 6) is -0.120. The first-order valence-electron chi connectivity index (χ1n) is 12.8. The fraction of sp³-hybridized carbons (Fsp3) is 0.448. The Labute approximate surface area is 217 Å². The highest BCUT2D eigenvalue weighted by atomic mass is 19.4. The summed E-state index contributed by atoms with van der Waals surface area (Å²) < 4.78 is 39.6. The van der Waals surface area contributed by atoms with Crippen molar-refractivity contribution in [3.8, 4) is 0 Å². The van der Waals surface area contributed by atoms with Crippen LogP contribution in [0.2, 0.25) is 0 Å². The Hall–Kier alpha value is -3.13. The molecule has 1 aliphatic rings. The Bertz CT molecular complexity index is 1080. The minimum absolute atomic E-state index is 0.0842. The van der Waals surface area contributed by atoms with E-state index >= 15 is 0 Å². The normalized spacial score (nSPS) is 15.7. The summed E-state index contributed by atoms with van der Waals surface area (Å²) in [4.78, 5) is 29.7. The van der Waals surface area contributed by atoms with Crippen LogP contribution in [-0.2, 0) is 23.9 Å². The number of benzene rings is 2. The lowest BCUT2D eigenvalue weighted by Crippen LogP contribution is -2.50. The Kier molecular flexibility index (Phi) is 9.92. The summed E-state index contributed by atoms with van der Waals surface area (Å²) in [6.45, 7) is 9.86. The van der Waals surface area contributed by atoms with Gasteiger partial charge in [-0.2, -0.15) is 13.2 Å². The van der Waals surface area contributed by atoms with Crippen LogP contribution in [0.25, 0.3) is 0 Å². The van der Waals surface area contributed by atoms with E-state index in [1.165, 1.54) is 18.2 Å². The average Bonchev–Trinajstić information content (AvgIpc) is 2.88. The van der Waals surface area contributed by atoms with Crippen LogP contribution in [0.1, 0.15) is 56.2 Å². The number of hydrogen-bond donors (Lipinski definition) is 1. The Balaban J connectivity index is 1.84. The lowest BCUT2D eigenvalue weighted by molar-refractivity contribution is -0.137. The number of halogens is 3. The third-order valence-electron chi connectivity index (χ3n) is 7.02. The van der Waals surface area contributed by atoms with Crippen molar-refractivity contribution in [3.63, 3.8) is 0 Å². The first-order chi connectivity index (χ1) is 17.6. The standard InChI is InChI=1S/C29H36F3N3O2/c1-4-9-21(3)34-16-14-26(15-17-34)35(20-23-11-7-6-10-22(23)18-27(36)5-2)28(37)33-25-13-8-12-24(19-25)29(30,31)32/h5-8,10-13,19,21,26H,2,4,9,14-18,20H2,1,3H3,(H,33,37). The van der Waals surface area contributed by atoms with Gasteiger partial charge >= 0.3 is 12.2 Å². The molecule has 0 bridgehead atoms. The minimum Gasteiger partial charge on any atom is -0.317 e. The van der Waals surface area contributed by atoms with E-state index in [0.29, 0.717) is 6.04 Å². The van der Waals surface area contributed by atoms with E-state index in [2.05, 4.69) is 30.6 Å². The molecule has 2 amide bonds. The zero-order chi connectivity index (χ0) is 27.0. The fourth-order valence-corrected chi connectivity index (χ4v) is 4.90. The Morgan fingerprint density at radius 1 is 1.14 bits per heavy atom. The molecule has 1 saturated heterocycles. The number of anilines is 1. The third-order valence-corrected chi connectivity index (χ3v) is 7.02. The summed E-state index contributed by atoms with van der Waals surface area (Å²) in [7, 11) is 0. The van der Waals surface area contributed by atoms with Gasteiger partial charge < -0.3 is 15.1 Å². The highest BCUT2D eigenvalue weighted by molar-refractivity contribution is 5.91. The number of nitrogens with zero attached hydrogens (tertiary/aromatic N) is 2. The number of allylic oxidation sites excluding steroid dienone is 1. The SMILES string of the molecule is C=CC(=O)Cc1ccccc1CN(C(=O)Nc1cccc(C(F)(F)F)c1)C1CCN(C(C)CCC)CC1. The number of urea groups is 1. The van der Waals surface area contributed by atoms with Gasteiger partial charge in [0.05, 0.1) is 5.56 Å². The molecule has 0 radical (unpaired) electrons. The molecule has 2 aromatic rings. The topological polar surface area (TPSA) is 52.7 Å². The van der Waals surface area contributed by atoms with Crippen LogP contribution in [-0.4, -0.2) is 46.8 Å². The molecule has 1 N–H and O–H groups in total. The number of hydrogen-bond acceptors (Lipinski definition) is 3. The molecule has 1 atom stereocenters. The maximum Gasteiger partial charge on any atom is 0.416 e. The molecule has 1 heterocycles. The van der Waals surface area contributed by atoms with Crippen molar-refractivity contribution in [3.05, 3.63) is 77.9 Å². The van der Waals surface area contributed by atoms with Crippen LogP contribution in [0, 0.1) is 0 Å². The number of ketones is 1. The van der Waals surface area contributed by atoms with Crippen LogP contribution in [0.4, 0.5) is 23.7 Å². The molecular formula is C29H36F3N3O2. The Morgan fingerprint density at radius 2 is 1.81 bits per heavy atom. The quantitative estimate of drug-likeness (QED) is 0.359. The maximum atomic E-state index is 13.5. The Morgan fingerprint density at radius 3 is 2.43 bits per heavy atom. The number of rotatable bonds is 10. The highest BCUT2D eigenvalue weighted by Gasteiger charge is 2.32. The molecule has 3 rings (SSSR count). The van der Waals surface area contributed by atoms with Crippen LogP contribution in [0.15, 0.2) is 61.2 Å². The first kappa shape index (κ1) is 28.4. The van der Waals surface area contributed by atoms with Gasteiger partial charge in [0.25, 0.3) is 0 Å². The van der Waals surface area contributed by atoms with Crippen LogP contribution < -0.4 is 5.32 Å². The van der Waals surface area contributed by atoms with Crippen molar-refractivity contribution in [1.82, 2.24) is 9.80 Å². The van der Waals surface area contributed by atoms with Gasteiger partial charge in [-0.15, -0.1) is 0 Å². The monoisotopic (exact) mass is 515 g/mol. The molecule has 1 aliphatic heterocycles. The molecule has 5 nitrogen and oxygen atoms in total. The highest BCUT2D eigenvalue weighted by Crippen LogP contribution is 2.31. The van der Waals surface area contributed by atoms with Crippen LogP contribution in [0.5, 0.6) is 0 Å². The van der Waals surface area contributed by atoms with Gasteiger partial charge in [0.1, 0.15) is 0 Å². The van der Waals surface area contributed by atoms with Crippen molar-refractivity contribution < 1.29 is 22.8 Å². The molecule has 0 aromatic heterocycles. The zero-order valence-corrected chi connectivity index (χ0v) is 21.6. The number of likely N-dealkylation sites (tertiary alicyclic amines) is 1. The van der Waals surface area contributed by atoms with E-state index in [4.69, 9.17) is 0 Å². The summed E-state index contributed by atoms with van der Waals surface area (Å²) in [6, 6.07) is 12.0. The second-order valence-electron chi connectivity index (χ2n) is 9.66. The largest absolute Gasteiger partial charge is 0.416 e. The predicted octanol–water partition coefficient (Wildman–Crippen LogP) is 6.69. The van der Waals surface area contributed by atoms with E-state index in [9.17, 15) is 22.8 Å². The van der Waals surface area contributed by atoms with Crippen LogP contribution in [0.3, 0.4) is 0 Å². The fourth-order valence-electron chi connectivity index (χ4n) is 4.90. The van der Waals surface area contributed by atoms with Crippen LogP contribution >= 0.6 is 0 Å². The summed E-state index contributed by atoms with van der Waals surface area (Å²) in [5, 5.41) is 2.69. The minimum atomic E-state index is -4.50. The maximum absolute atomic E-state index is 13.5. The molecule has 0 saturated carbocycles. The van der Waals surface area contributed by atoms with E-state index < -0.39 is 17.8 Å². The second kappa shape index (κ2) is 12.9. The molecule has 200 valence electrons. The van der Waals surface area contributed by atoms with Gasteiger partial charge in [0.15, 0.2) is 5.78 Å². The van der Waals surface area contributed by atoms with Crippen molar-refractivity contribution in [2.75, 3.05) is 18.4 Å². The molecule has 1 unspecified atom stereocenters. The molecule has 1 fully saturated rings. The van der Waals surface area contributed by atoms with E-state index in [1.54, 1.807) is 4.90 Å². The van der Waals surface area contributed by atoms with Crippen molar-refractivity contribution in [1.29, 1.82) is 0 Å². The number of piperidine rings is 1. The first-order valence-corrected chi connectivity index (χ1v) is 12.8. The number of carbonyl (C=O) groups is 2. The van der Waals surface area contributed by atoms with Gasteiger partial charge in [-0.3, -0.25) is 4.79 Å². The molecular weight excluding hydrogens is 479 g/mol. The summed E-state index contributed by atoms with van der Waals surface area (Å²) >= 11 is 0. The van der Waals surface area contributed by atoms with Gasteiger partial charge in [-0.1, -0.05) is 50.3 Å². The molecule has 0 spiro atoms. The van der Waals surface area contributed by atoms with E-state index in [-0.39, 0.29) is 30.5 Å². The van der Waals surface area contributed by atoms with Gasteiger partial charge in [0.2, 0.25) is 0 Å². The zero-order valence-electron chi connectivity index (χ0n) is 21.6. The summed E-state index contributed by atoms with van der Waals surface area (Å²) in [6.07, 6.45) is 0.689. The van der Waals surface area contributed by atoms with Gasteiger partial charge in [-0.05, 0) is 61.6 Å². The van der Waals surface area contributed by atoms with Crippen molar-refractivity contribution in [2.24, 2.45) is 0 Å². The van der Waals surface area contributed by atoms with E-state index in [0.717, 1.165) is 62.0 Å². The smallest absolute Gasteiger partial charge is 0.317 e.